The molecule has 2 nitrogen and oxygen atoms in total. The van der Waals surface area contributed by atoms with Crippen LogP contribution in [0.25, 0.3) is 0 Å². The third-order valence-corrected chi connectivity index (χ3v) is 5.82. The molecule has 0 saturated heterocycles. The van der Waals surface area contributed by atoms with E-state index in [9.17, 15) is 4.79 Å². The highest BCUT2D eigenvalue weighted by Gasteiger charge is 2.24. The van der Waals surface area contributed by atoms with E-state index in [1.54, 1.807) is 0 Å². The molecular weight excluding hydrogens is 302 g/mol. The lowest BCUT2D eigenvalue weighted by molar-refractivity contribution is -0.122. The topological polar surface area (TPSA) is 29.1 Å². The van der Waals surface area contributed by atoms with Crippen LogP contribution in [-0.2, 0) is 4.79 Å². The second-order valence-corrected chi connectivity index (χ2v) is 7.57. The van der Waals surface area contributed by atoms with Gasteiger partial charge >= 0.3 is 0 Å². The van der Waals surface area contributed by atoms with Crippen molar-refractivity contribution in [1.29, 1.82) is 0 Å². The number of carbonyl (C=O) groups is 1. The van der Waals surface area contributed by atoms with Gasteiger partial charge in [0.15, 0.2) is 0 Å². The van der Waals surface area contributed by atoms with Gasteiger partial charge in [-0.05, 0) is 31.6 Å². The average molecular weight is 330 g/mol. The Bertz CT molecular complexity index is 274. The molecule has 2 aliphatic carbocycles. The van der Waals surface area contributed by atoms with Gasteiger partial charge in [0, 0.05) is 17.3 Å². The summed E-state index contributed by atoms with van der Waals surface area (Å²) in [5, 5.41) is 3.29. The van der Waals surface area contributed by atoms with E-state index in [1.807, 2.05) is 0 Å². The van der Waals surface area contributed by atoms with Crippen LogP contribution in [-0.4, -0.2) is 16.8 Å². The van der Waals surface area contributed by atoms with Crippen LogP contribution in [0.2, 0.25) is 0 Å². The maximum absolute atomic E-state index is 12.2. The molecule has 3 heteroatoms. The van der Waals surface area contributed by atoms with Crippen molar-refractivity contribution in [3.63, 3.8) is 0 Å². The van der Waals surface area contributed by atoms with Crippen molar-refractivity contribution in [2.45, 2.75) is 87.9 Å². The van der Waals surface area contributed by atoms with E-state index in [-0.39, 0.29) is 0 Å². The summed E-state index contributed by atoms with van der Waals surface area (Å²) in [6.45, 7) is 0. The number of rotatable bonds is 3. The first-order valence-electron chi connectivity index (χ1n) is 8.19. The highest BCUT2D eigenvalue weighted by molar-refractivity contribution is 9.09. The lowest BCUT2D eigenvalue weighted by Gasteiger charge is -2.23. The van der Waals surface area contributed by atoms with E-state index in [2.05, 4.69) is 21.2 Å². The fraction of sp³-hybridized carbons (Fsp3) is 0.938. The smallest absolute Gasteiger partial charge is 0.220 e. The summed E-state index contributed by atoms with van der Waals surface area (Å²) in [7, 11) is 0. The zero-order chi connectivity index (χ0) is 13.5. The lowest BCUT2D eigenvalue weighted by Crippen LogP contribution is -2.40. The Hall–Kier alpha value is -0.0500. The second kappa shape index (κ2) is 8.28. The van der Waals surface area contributed by atoms with Gasteiger partial charge in [-0.15, -0.1) is 0 Å². The molecule has 1 N–H and O–H groups in total. The molecule has 0 heterocycles. The number of hydrogen-bond acceptors (Lipinski definition) is 1. The van der Waals surface area contributed by atoms with E-state index in [0.717, 1.165) is 12.8 Å². The Kier molecular flexibility index (Phi) is 6.69. The summed E-state index contributed by atoms with van der Waals surface area (Å²) in [5.41, 5.74) is 0. The number of carbonyl (C=O) groups excluding carboxylic acids is 1. The van der Waals surface area contributed by atoms with E-state index in [1.165, 1.54) is 64.2 Å². The van der Waals surface area contributed by atoms with Crippen LogP contribution in [0.15, 0.2) is 0 Å². The maximum Gasteiger partial charge on any atom is 0.220 e. The molecule has 2 rings (SSSR count). The standard InChI is InChI=1S/C16H28BrNO/c17-14-10-6-3-7-11-15(14)18-16(19)12-13-8-4-1-2-5-9-13/h13-15H,1-12H2,(H,18,19). The number of nitrogens with one attached hydrogen (secondary N) is 1. The third kappa shape index (κ3) is 5.45. The van der Waals surface area contributed by atoms with Crippen molar-refractivity contribution >= 4 is 21.8 Å². The summed E-state index contributed by atoms with van der Waals surface area (Å²) in [6.07, 6.45) is 14.9. The average Bonchev–Trinajstić information content (AvgIpc) is 2.74. The van der Waals surface area contributed by atoms with Crippen molar-refractivity contribution in [1.82, 2.24) is 5.32 Å². The number of amides is 1. The first kappa shape index (κ1) is 15.3. The van der Waals surface area contributed by atoms with Crippen molar-refractivity contribution < 1.29 is 4.79 Å². The lowest BCUT2D eigenvalue weighted by atomic mass is 9.96. The number of alkyl halides is 1. The van der Waals surface area contributed by atoms with Crippen LogP contribution in [0.1, 0.15) is 77.0 Å². The van der Waals surface area contributed by atoms with Gasteiger partial charge in [-0.25, -0.2) is 0 Å². The SMILES string of the molecule is O=C(CC1CCCCCC1)NC1CCCCCC1Br. The van der Waals surface area contributed by atoms with E-state index in [4.69, 9.17) is 0 Å². The molecule has 0 aromatic heterocycles. The normalized spacial score (nSPS) is 30.4. The monoisotopic (exact) mass is 329 g/mol. The van der Waals surface area contributed by atoms with Gasteiger partial charge in [-0.1, -0.05) is 60.9 Å². The van der Waals surface area contributed by atoms with Gasteiger partial charge in [0.25, 0.3) is 0 Å². The minimum Gasteiger partial charge on any atom is -0.352 e. The van der Waals surface area contributed by atoms with E-state index < -0.39 is 0 Å². The van der Waals surface area contributed by atoms with Crippen LogP contribution in [0.5, 0.6) is 0 Å². The highest BCUT2D eigenvalue weighted by atomic mass is 79.9. The summed E-state index contributed by atoms with van der Waals surface area (Å²) < 4.78 is 0. The van der Waals surface area contributed by atoms with Crippen molar-refractivity contribution in [3.05, 3.63) is 0 Å². The summed E-state index contributed by atoms with van der Waals surface area (Å²) >= 11 is 3.76. The van der Waals surface area contributed by atoms with Gasteiger partial charge in [-0.2, -0.15) is 0 Å². The van der Waals surface area contributed by atoms with Crippen molar-refractivity contribution in [3.8, 4) is 0 Å². The molecule has 0 aromatic rings. The maximum atomic E-state index is 12.2. The van der Waals surface area contributed by atoms with Gasteiger partial charge in [-0.3, -0.25) is 4.79 Å². The molecule has 2 unspecified atom stereocenters. The zero-order valence-electron chi connectivity index (χ0n) is 12.0. The van der Waals surface area contributed by atoms with Crippen LogP contribution in [0, 0.1) is 5.92 Å². The molecule has 110 valence electrons. The Morgan fingerprint density at radius 3 is 2.21 bits per heavy atom. The Morgan fingerprint density at radius 2 is 1.47 bits per heavy atom. The van der Waals surface area contributed by atoms with Crippen LogP contribution in [0.3, 0.4) is 0 Å². The van der Waals surface area contributed by atoms with Gasteiger partial charge in [0.05, 0.1) is 0 Å². The zero-order valence-corrected chi connectivity index (χ0v) is 13.6. The minimum atomic E-state index is 0.295. The van der Waals surface area contributed by atoms with Gasteiger partial charge in [0.2, 0.25) is 5.91 Å². The van der Waals surface area contributed by atoms with Gasteiger partial charge < -0.3 is 5.32 Å². The van der Waals surface area contributed by atoms with Crippen LogP contribution < -0.4 is 5.32 Å². The summed E-state index contributed by atoms with van der Waals surface area (Å²) in [6, 6.07) is 0.362. The number of hydrogen-bond donors (Lipinski definition) is 1. The van der Waals surface area contributed by atoms with Crippen molar-refractivity contribution in [2.75, 3.05) is 0 Å². The van der Waals surface area contributed by atoms with Crippen LogP contribution >= 0.6 is 15.9 Å². The summed E-state index contributed by atoms with van der Waals surface area (Å²) in [5.74, 6) is 0.935. The fourth-order valence-corrected chi connectivity index (χ4v) is 4.24. The fourth-order valence-electron chi connectivity index (χ4n) is 3.52. The molecule has 0 aromatic carbocycles. The first-order chi connectivity index (χ1) is 9.25. The molecule has 19 heavy (non-hydrogen) atoms. The molecule has 2 atom stereocenters. The minimum absolute atomic E-state index is 0.295. The molecule has 2 saturated carbocycles. The molecule has 1 amide bonds. The Balaban J connectivity index is 1.75. The molecule has 0 radical (unpaired) electrons. The quantitative estimate of drug-likeness (QED) is 0.596. The number of halogens is 1. The third-order valence-electron chi connectivity index (χ3n) is 4.73. The van der Waals surface area contributed by atoms with E-state index >= 15 is 0 Å². The first-order valence-corrected chi connectivity index (χ1v) is 9.10. The molecule has 2 aliphatic rings. The predicted molar refractivity (Wildman–Crippen MR) is 83.5 cm³/mol. The molecular formula is C16H28BrNO. The van der Waals surface area contributed by atoms with Gasteiger partial charge in [0.1, 0.15) is 0 Å². The summed E-state index contributed by atoms with van der Waals surface area (Å²) in [4.78, 5) is 12.7. The molecule has 0 spiro atoms. The largest absolute Gasteiger partial charge is 0.352 e. The second-order valence-electron chi connectivity index (χ2n) is 6.39. The molecule has 2 fully saturated rings. The molecule has 0 aliphatic heterocycles. The predicted octanol–water partition coefficient (Wildman–Crippen LogP) is 4.56. The highest BCUT2D eigenvalue weighted by Crippen LogP contribution is 2.27. The Labute approximate surface area is 126 Å². The van der Waals surface area contributed by atoms with E-state index in [0.29, 0.717) is 22.7 Å². The van der Waals surface area contributed by atoms with Crippen LogP contribution in [0.4, 0.5) is 0 Å². The van der Waals surface area contributed by atoms with Crippen molar-refractivity contribution in [2.24, 2.45) is 5.92 Å². The Morgan fingerprint density at radius 1 is 0.895 bits per heavy atom. The molecule has 0 bridgehead atoms.